The lowest BCUT2D eigenvalue weighted by Gasteiger charge is -2.15. The summed E-state index contributed by atoms with van der Waals surface area (Å²) >= 11 is 11.5. The summed E-state index contributed by atoms with van der Waals surface area (Å²) in [6, 6.07) is 15.5. The summed E-state index contributed by atoms with van der Waals surface area (Å²) in [5, 5.41) is 9.89. The van der Waals surface area contributed by atoms with E-state index >= 15 is 0 Å². The Labute approximate surface area is 132 Å². The van der Waals surface area contributed by atoms with Crippen molar-refractivity contribution in [1.82, 2.24) is 9.55 Å². The molecule has 21 heavy (non-hydrogen) atoms. The number of para-hydroxylation sites is 1. The van der Waals surface area contributed by atoms with Crippen LogP contribution in [0.3, 0.4) is 0 Å². The fraction of sp³-hybridized carbons (Fsp3) is 0.125. The van der Waals surface area contributed by atoms with E-state index in [-0.39, 0.29) is 6.04 Å². The fourth-order valence-electron chi connectivity index (χ4n) is 2.54. The lowest BCUT2D eigenvalue weighted by molar-refractivity contribution is 0.649. The molecule has 1 heterocycles. The minimum absolute atomic E-state index is 0.0268. The maximum Gasteiger partial charge on any atom is 0.178 e. The third-order valence-electron chi connectivity index (χ3n) is 3.59. The molecule has 0 spiro atoms. The molecule has 1 aromatic heterocycles. The van der Waals surface area contributed by atoms with Crippen molar-refractivity contribution in [1.29, 1.82) is 5.26 Å². The van der Waals surface area contributed by atoms with Gasteiger partial charge >= 0.3 is 0 Å². The molecular formula is C16H12ClN3S. The molecule has 1 atom stereocenters. The number of aromatic amines is 1. The smallest absolute Gasteiger partial charge is 0.178 e. The van der Waals surface area contributed by atoms with Crippen LogP contribution in [0.4, 0.5) is 0 Å². The standard InChI is InChI=1S/C16H12ClN3S/c1-10(11-4-2-6-13(17)8-11)20-14-7-3-5-12(9-18)15(14)19-16(20)21/h2-8,10H,1H3,(H,19,21). The molecule has 0 fully saturated rings. The van der Waals surface area contributed by atoms with Crippen molar-refractivity contribution in [2.75, 3.05) is 0 Å². The number of H-pyrrole nitrogens is 1. The van der Waals surface area contributed by atoms with Crippen molar-refractivity contribution in [3.63, 3.8) is 0 Å². The molecule has 0 saturated carbocycles. The number of imidazole rings is 1. The van der Waals surface area contributed by atoms with Crippen LogP contribution in [0.1, 0.15) is 24.1 Å². The van der Waals surface area contributed by atoms with Gasteiger partial charge in [0, 0.05) is 5.02 Å². The average Bonchev–Trinajstić information content (AvgIpc) is 2.82. The summed E-state index contributed by atoms with van der Waals surface area (Å²) in [5.41, 5.74) is 3.36. The number of benzene rings is 2. The highest BCUT2D eigenvalue weighted by molar-refractivity contribution is 7.71. The van der Waals surface area contributed by atoms with Crippen molar-refractivity contribution in [2.24, 2.45) is 0 Å². The van der Waals surface area contributed by atoms with E-state index in [4.69, 9.17) is 23.8 Å². The second kappa shape index (κ2) is 5.36. The summed E-state index contributed by atoms with van der Waals surface area (Å²) in [6.07, 6.45) is 0. The van der Waals surface area contributed by atoms with E-state index in [1.807, 2.05) is 41.0 Å². The topological polar surface area (TPSA) is 44.5 Å². The van der Waals surface area contributed by atoms with Gasteiger partial charge in [0.2, 0.25) is 0 Å². The highest BCUT2D eigenvalue weighted by Crippen LogP contribution is 2.27. The maximum atomic E-state index is 9.20. The van der Waals surface area contributed by atoms with Crippen LogP contribution >= 0.6 is 23.8 Å². The Kier molecular flexibility index (Phi) is 3.54. The number of hydrogen-bond donors (Lipinski definition) is 1. The first-order chi connectivity index (χ1) is 10.1. The van der Waals surface area contributed by atoms with Gasteiger partial charge in [-0.2, -0.15) is 5.26 Å². The summed E-state index contributed by atoms with van der Waals surface area (Å²) in [6.45, 7) is 2.06. The number of nitrogens with zero attached hydrogens (tertiary/aromatic N) is 2. The SMILES string of the molecule is CC(c1cccc(Cl)c1)n1c(=S)[nH]c2c(C#N)cccc21. The van der Waals surface area contributed by atoms with E-state index in [1.165, 1.54) is 0 Å². The number of hydrogen-bond acceptors (Lipinski definition) is 2. The first-order valence-electron chi connectivity index (χ1n) is 6.50. The van der Waals surface area contributed by atoms with Gasteiger partial charge < -0.3 is 9.55 Å². The van der Waals surface area contributed by atoms with Crippen molar-refractivity contribution >= 4 is 34.9 Å². The molecule has 2 aromatic carbocycles. The van der Waals surface area contributed by atoms with E-state index in [0.29, 0.717) is 15.4 Å². The molecule has 104 valence electrons. The minimum Gasteiger partial charge on any atom is -0.329 e. The fourth-order valence-corrected chi connectivity index (χ4v) is 3.10. The monoisotopic (exact) mass is 313 g/mol. The Morgan fingerprint density at radius 2 is 2.05 bits per heavy atom. The molecular weight excluding hydrogens is 302 g/mol. The van der Waals surface area contributed by atoms with Gasteiger partial charge in [-0.05, 0) is 49.0 Å². The summed E-state index contributed by atoms with van der Waals surface area (Å²) < 4.78 is 2.61. The second-order valence-electron chi connectivity index (χ2n) is 4.84. The maximum absolute atomic E-state index is 9.20. The molecule has 3 aromatic rings. The zero-order chi connectivity index (χ0) is 15.0. The minimum atomic E-state index is 0.0268. The average molecular weight is 314 g/mol. The Morgan fingerprint density at radius 3 is 2.76 bits per heavy atom. The molecule has 1 N–H and O–H groups in total. The first-order valence-corrected chi connectivity index (χ1v) is 7.29. The number of nitrogens with one attached hydrogen (secondary N) is 1. The van der Waals surface area contributed by atoms with Crippen LogP contribution in [0.15, 0.2) is 42.5 Å². The van der Waals surface area contributed by atoms with Gasteiger partial charge in [0.15, 0.2) is 4.77 Å². The van der Waals surface area contributed by atoms with Crippen molar-refractivity contribution < 1.29 is 0 Å². The van der Waals surface area contributed by atoms with Crippen LogP contribution in [0, 0.1) is 16.1 Å². The first kappa shape index (κ1) is 13.9. The number of nitriles is 1. The van der Waals surface area contributed by atoms with Crippen LogP contribution in [-0.2, 0) is 0 Å². The molecule has 3 rings (SSSR count). The quantitative estimate of drug-likeness (QED) is 0.688. The van der Waals surface area contributed by atoms with Crippen LogP contribution in [0.25, 0.3) is 11.0 Å². The molecule has 0 bridgehead atoms. The number of aromatic nitrogens is 2. The number of fused-ring (bicyclic) bond motifs is 1. The summed E-state index contributed by atoms with van der Waals surface area (Å²) in [4.78, 5) is 3.13. The number of rotatable bonds is 2. The molecule has 3 nitrogen and oxygen atoms in total. The van der Waals surface area contributed by atoms with Crippen molar-refractivity contribution in [3.05, 3.63) is 63.4 Å². The van der Waals surface area contributed by atoms with Crippen LogP contribution in [-0.4, -0.2) is 9.55 Å². The Bertz CT molecular complexity index is 917. The highest BCUT2D eigenvalue weighted by Gasteiger charge is 2.15. The lowest BCUT2D eigenvalue weighted by Crippen LogP contribution is -2.06. The van der Waals surface area contributed by atoms with E-state index in [1.54, 1.807) is 6.07 Å². The van der Waals surface area contributed by atoms with Gasteiger partial charge in [0.05, 0.1) is 22.6 Å². The summed E-state index contributed by atoms with van der Waals surface area (Å²) in [5.74, 6) is 0. The van der Waals surface area contributed by atoms with Gasteiger partial charge in [0.25, 0.3) is 0 Å². The van der Waals surface area contributed by atoms with Crippen LogP contribution < -0.4 is 0 Å². The predicted octanol–water partition coefficient (Wildman–Crippen LogP) is 4.83. The van der Waals surface area contributed by atoms with Gasteiger partial charge in [0.1, 0.15) is 6.07 Å². The van der Waals surface area contributed by atoms with Gasteiger partial charge in [-0.3, -0.25) is 0 Å². The molecule has 1 unspecified atom stereocenters. The molecule has 0 aliphatic rings. The lowest BCUT2D eigenvalue weighted by atomic mass is 10.1. The Balaban J connectivity index is 2.24. The van der Waals surface area contributed by atoms with Crippen LogP contribution in [0.2, 0.25) is 5.02 Å². The molecule has 0 radical (unpaired) electrons. The Morgan fingerprint density at radius 1 is 1.29 bits per heavy atom. The van der Waals surface area contributed by atoms with E-state index in [2.05, 4.69) is 18.0 Å². The normalized spacial score (nSPS) is 12.2. The predicted molar refractivity (Wildman–Crippen MR) is 87.1 cm³/mol. The van der Waals surface area contributed by atoms with Crippen molar-refractivity contribution in [3.8, 4) is 6.07 Å². The highest BCUT2D eigenvalue weighted by atomic mass is 35.5. The zero-order valence-electron chi connectivity index (χ0n) is 11.3. The molecule has 0 aliphatic carbocycles. The van der Waals surface area contributed by atoms with Crippen molar-refractivity contribution in [2.45, 2.75) is 13.0 Å². The van der Waals surface area contributed by atoms with E-state index in [0.717, 1.165) is 16.6 Å². The Hall–Kier alpha value is -2.09. The third kappa shape index (κ3) is 2.35. The van der Waals surface area contributed by atoms with E-state index in [9.17, 15) is 5.26 Å². The summed E-state index contributed by atoms with van der Waals surface area (Å²) in [7, 11) is 0. The van der Waals surface area contributed by atoms with Gasteiger partial charge in [-0.1, -0.05) is 29.8 Å². The second-order valence-corrected chi connectivity index (χ2v) is 5.67. The van der Waals surface area contributed by atoms with Gasteiger partial charge in [-0.25, -0.2) is 0 Å². The number of halogens is 1. The molecule has 5 heteroatoms. The molecule has 0 saturated heterocycles. The largest absolute Gasteiger partial charge is 0.329 e. The van der Waals surface area contributed by atoms with Gasteiger partial charge in [-0.15, -0.1) is 0 Å². The zero-order valence-corrected chi connectivity index (χ0v) is 12.9. The molecule has 0 aliphatic heterocycles. The van der Waals surface area contributed by atoms with Crippen LogP contribution in [0.5, 0.6) is 0 Å². The molecule has 0 amide bonds. The van der Waals surface area contributed by atoms with E-state index < -0.39 is 0 Å². The third-order valence-corrected chi connectivity index (χ3v) is 4.13.